The molecule has 1 heterocycles. The number of amides is 2. The van der Waals surface area contributed by atoms with E-state index in [0.717, 1.165) is 16.7 Å². The average molecular weight is 520 g/mol. The summed E-state index contributed by atoms with van der Waals surface area (Å²) in [7, 11) is -4.00. The molecular formula is C23H15Cl2NO5S2. The smallest absolute Gasteiger partial charge is 0.339 e. The molecule has 0 aliphatic carbocycles. The normalized spacial score (nSPS) is 15.3. The van der Waals surface area contributed by atoms with Crippen LogP contribution in [0.1, 0.15) is 11.1 Å². The number of nitrogens with zero attached hydrogens (tertiary/aromatic N) is 1. The molecule has 33 heavy (non-hydrogen) atoms. The fraction of sp³-hybridized carbons (Fsp3) is 0.0435. The standard InChI is InChI=1S/C23H15Cl2NO5S2/c24-17-10-9-16(20(25)13-17)14-26-22(27)21(32-23(26)28)12-15-5-4-6-18(11-15)31-33(29,30)19-7-2-1-3-8-19/h1-13H,14H2/b21-12-. The molecular weight excluding hydrogens is 505 g/mol. The Morgan fingerprint density at radius 1 is 0.939 bits per heavy atom. The lowest BCUT2D eigenvalue weighted by Gasteiger charge is -2.13. The van der Waals surface area contributed by atoms with Gasteiger partial charge in [-0.25, -0.2) is 0 Å². The van der Waals surface area contributed by atoms with Crippen molar-refractivity contribution in [2.45, 2.75) is 11.4 Å². The zero-order valence-corrected chi connectivity index (χ0v) is 19.9. The van der Waals surface area contributed by atoms with Crippen LogP contribution < -0.4 is 4.18 Å². The molecule has 0 aromatic heterocycles. The molecule has 1 fully saturated rings. The molecule has 3 aromatic carbocycles. The maximum atomic E-state index is 12.8. The number of thioether (sulfide) groups is 1. The van der Waals surface area contributed by atoms with Crippen LogP contribution in [0.2, 0.25) is 10.0 Å². The highest BCUT2D eigenvalue weighted by atomic mass is 35.5. The first-order valence-corrected chi connectivity index (χ1v) is 12.5. The summed E-state index contributed by atoms with van der Waals surface area (Å²) < 4.78 is 30.1. The third kappa shape index (κ3) is 5.42. The number of benzene rings is 3. The van der Waals surface area contributed by atoms with E-state index in [0.29, 0.717) is 21.2 Å². The largest absolute Gasteiger partial charge is 0.379 e. The van der Waals surface area contributed by atoms with Gasteiger partial charge in [0.25, 0.3) is 11.1 Å². The zero-order chi connectivity index (χ0) is 23.6. The van der Waals surface area contributed by atoms with Gasteiger partial charge in [-0.05, 0) is 65.4 Å². The number of imide groups is 1. The van der Waals surface area contributed by atoms with Gasteiger partial charge in [-0.3, -0.25) is 14.5 Å². The second-order valence-electron chi connectivity index (χ2n) is 6.93. The molecule has 0 radical (unpaired) electrons. The second kappa shape index (κ2) is 9.61. The molecule has 3 aromatic rings. The third-order valence-electron chi connectivity index (χ3n) is 4.61. The first kappa shape index (κ1) is 23.4. The van der Waals surface area contributed by atoms with Crippen LogP contribution in [0.4, 0.5) is 4.79 Å². The van der Waals surface area contributed by atoms with E-state index in [1.807, 2.05) is 0 Å². The van der Waals surface area contributed by atoms with Gasteiger partial charge >= 0.3 is 10.1 Å². The maximum absolute atomic E-state index is 12.8. The van der Waals surface area contributed by atoms with Gasteiger partial charge in [-0.1, -0.05) is 59.6 Å². The van der Waals surface area contributed by atoms with Crippen molar-refractivity contribution in [1.82, 2.24) is 4.90 Å². The Morgan fingerprint density at radius 3 is 2.42 bits per heavy atom. The van der Waals surface area contributed by atoms with E-state index in [9.17, 15) is 18.0 Å². The predicted molar refractivity (Wildman–Crippen MR) is 129 cm³/mol. The fourth-order valence-corrected chi connectivity index (χ4v) is 5.28. The van der Waals surface area contributed by atoms with Crippen molar-refractivity contribution in [3.05, 3.63) is 98.9 Å². The third-order valence-corrected chi connectivity index (χ3v) is 7.37. The summed E-state index contributed by atoms with van der Waals surface area (Å²) in [6.07, 6.45) is 1.51. The fourth-order valence-electron chi connectivity index (χ4n) is 3.03. The van der Waals surface area contributed by atoms with Crippen LogP contribution >= 0.6 is 35.0 Å². The van der Waals surface area contributed by atoms with Crippen LogP contribution in [0.15, 0.2) is 82.6 Å². The number of hydrogen-bond acceptors (Lipinski definition) is 6. The first-order valence-electron chi connectivity index (χ1n) is 9.52. The van der Waals surface area contributed by atoms with Crippen molar-refractivity contribution < 1.29 is 22.2 Å². The molecule has 168 valence electrons. The Kier molecular flexibility index (Phi) is 6.81. The molecule has 4 rings (SSSR count). The second-order valence-corrected chi connectivity index (χ2v) is 10.3. The molecule has 2 amide bonds. The van der Waals surface area contributed by atoms with E-state index in [2.05, 4.69) is 0 Å². The lowest BCUT2D eigenvalue weighted by atomic mass is 10.2. The van der Waals surface area contributed by atoms with E-state index in [1.54, 1.807) is 48.5 Å². The van der Waals surface area contributed by atoms with Gasteiger partial charge in [0.1, 0.15) is 10.6 Å². The lowest BCUT2D eigenvalue weighted by molar-refractivity contribution is -0.123. The lowest BCUT2D eigenvalue weighted by Crippen LogP contribution is -2.27. The number of rotatable bonds is 6. The molecule has 0 saturated carbocycles. The summed E-state index contributed by atoms with van der Waals surface area (Å²) >= 11 is 12.9. The zero-order valence-electron chi connectivity index (χ0n) is 16.8. The molecule has 6 nitrogen and oxygen atoms in total. The van der Waals surface area contributed by atoms with Gasteiger partial charge in [0.05, 0.1) is 11.4 Å². The Hall–Kier alpha value is -2.78. The van der Waals surface area contributed by atoms with E-state index in [-0.39, 0.29) is 22.1 Å². The Bertz CT molecular complexity index is 1370. The van der Waals surface area contributed by atoms with Crippen molar-refractivity contribution in [2.24, 2.45) is 0 Å². The van der Waals surface area contributed by atoms with Gasteiger partial charge in [0, 0.05) is 10.0 Å². The Labute approximate surface area is 204 Å². The molecule has 0 bridgehead atoms. The van der Waals surface area contributed by atoms with Gasteiger partial charge in [0.15, 0.2) is 0 Å². The van der Waals surface area contributed by atoms with E-state index >= 15 is 0 Å². The Morgan fingerprint density at radius 2 is 1.70 bits per heavy atom. The monoisotopic (exact) mass is 519 g/mol. The van der Waals surface area contributed by atoms with Gasteiger partial charge in [0.2, 0.25) is 0 Å². The summed E-state index contributed by atoms with van der Waals surface area (Å²) in [6, 6.07) is 18.8. The summed E-state index contributed by atoms with van der Waals surface area (Å²) in [5.74, 6) is -0.390. The van der Waals surface area contributed by atoms with Crippen LogP contribution in [0.5, 0.6) is 5.75 Å². The predicted octanol–water partition coefficient (Wildman–Crippen LogP) is 6.00. The maximum Gasteiger partial charge on any atom is 0.339 e. The summed E-state index contributed by atoms with van der Waals surface area (Å²) in [5.41, 5.74) is 1.09. The molecule has 1 saturated heterocycles. The van der Waals surface area contributed by atoms with E-state index in [1.165, 1.54) is 30.3 Å². The molecule has 1 aliphatic rings. The van der Waals surface area contributed by atoms with Crippen molar-refractivity contribution in [1.29, 1.82) is 0 Å². The van der Waals surface area contributed by atoms with E-state index in [4.69, 9.17) is 27.4 Å². The SMILES string of the molecule is O=C1S/C(=C\c2cccc(OS(=O)(=O)c3ccccc3)c2)C(=O)N1Cc1ccc(Cl)cc1Cl. The van der Waals surface area contributed by atoms with Crippen molar-refractivity contribution in [3.63, 3.8) is 0 Å². The van der Waals surface area contributed by atoms with Crippen LogP contribution in [-0.2, 0) is 21.5 Å². The number of hydrogen-bond donors (Lipinski definition) is 0. The molecule has 1 aliphatic heterocycles. The highest BCUT2D eigenvalue weighted by molar-refractivity contribution is 8.18. The minimum atomic E-state index is -4.00. The molecule has 0 spiro atoms. The number of halogens is 2. The quantitative estimate of drug-likeness (QED) is 0.293. The molecule has 10 heteroatoms. The molecule has 0 atom stereocenters. The van der Waals surface area contributed by atoms with Crippen LogP contribution in [0.3, 0.4) is 0 Å². The van der Waals surface area contributed by atoms with Crippen molar-refractivity contribution in [2.75, 3.05) is 0 Å². The van der Waals surface area contributed by atoms with Crippen molar-refractivity contribution in [3.8, 4) is 5.75 Å². The summed E-state index contributed by atoms with van der Waals surface area (Å²) in [5, 5.41) is 0.375. The van der Waals surface area contributed by atoms with Crippen molar-refractivity contribution >= 4 is 62.3 Å². The topological polar surface area (TPSA) is 80.8 Å². The van der Waals surface area contributed by atoms with Crippen LogP contribution in [0.25, 0.3) is 6.08 Å². The highest BCUT2D eigenvalue weighted by Crippen LogP contribution is 2.35. The molecule has 0 N–H and O–H groups in total. The number of carbonyl (C=O) groups excluding carboxylic acids is 2. The van der Waals surface area contributed by atoms with Crippen LogP contribution in [0, 0.1) is 0 Å². The van der Waals surface area contributed by atoms with Crippen LogP contribution in [-0.4, -0.2) is 24.5 Å². The number of carbonyl (C=O) groups is 2. The molecule has 0 unspecified atom stereocenters. The Balaban J connectivity index is 1.53. The first-order chi connectivity index (χ1) is 15.7. The summed E-state index contributed by atoms with van der Waals surface area (Å²) in [6.45, 7) is 0.0104. The summed E-state index contributed by atoms with van der Waals surface area (Å²) in [4.78, 5) is 26.6. The van der Waals surface area contributed by atoms with Gasteiger partial charge in [-0.15, -0.1) is 0 Å². The van der Waals surface area contributed by atoms with Gasteiger partial charge in [-0.2, -0.15) is 8.42 Å². The minimum Gasteiger partial charge on any atom is -0.379 e. The highest BCUT2D eigenvalue weighted by Gasteiger charge is 2.35. The minimum absolute atomic E-state index is 0.0104. The average Bonchev–Trinajstić information content (AvgIpc) is 3.03. The van der Waals surface area contributed by atoms with Gasteiger partial charge < -0.3 is 4.18 Å². The van der Waals surface area contributed by atoms with E-state index < -0.39 is 21.3 Å².